The third-order valence-electron chi connectivity index (χ3n) is 4.99. The lowest BCUT2D eigenvalue weighted by atomic mass is 10.1. The van der Waals surface area contributed by atoms with Gasteiger partial charge in [0.05, 0.1) is 0 Å². The van der Waals surface area contributed by atoms with Crippen molar-refractivity contribution in [2.24, 2.45) is 0 Å². The smallest absolute Gasteiger partial charge is 0.265 e. The molecule has 0 heterocycles. The number of rotatable bonds is 8. The summed E-state index contributed by atoms with van der Waals surface area (Å²) in [5, 5.41) is 2.89. The van der Waals surface area contributed by atoms with Gasteiger partial charge in [-0.05, 0) is 47.9 Å². The SMILES string of the molecule is C[C@@H](Oc1ccc(-c2ccccc2)cc1)C(=O)Nc1cccc(OCc2ccccc2)c1. The molecule has 0 fully saturated rings. The van der Waals surface area contributed by atoms with Crippen molar-refractivity contribution in [2.45, 2.75) is 19.6 Å². The Bertz CT molecular complexity index is 1140. The van der Waals surface area contributed by atoms with Crippen molar-refractivity contribution in [3.63, 3.8) is 0 Å². The van der Waals surface area contributed by atoms with Crippen LogP contribution in [0.15, 0.2) is 109 Å². The fraction of sp³-hybridized carbons (Fsp3) is 0.107. The molecule has 0 aromatic heterocycles. The quantitative estimate of drug-likeness (QED) is 0.360. The number of hydrogen-bond donors (Lipinski definition) is 1. The van der Waals surface area contributed by atoms with Crippen molar-refractivity contribution in [1.82, 2.24) is 0 Å². The fourth-order valence-corrected chi connectivity index (χ4v) is 3.26. The Labute approximate surface area is 188 Å². The third kappa shape index (κ3) is 5.76. The average Bonchev–Trinajstić information content (AvgIpc) is 2.84. The van der Waals surface area contributed by atoms with E-state index in [2.05, 4.69) is 17.4 Å². The molecule has 0 unspecified atom stereocenters. The number of benzene rings is 4. The third-order valence-corrected chi connectivity index (χ3v) is 4.99. The molecule has 1 amide bonds. The average molecular weight is 424 g/mol. The second kappa shape index (κ2) is 10.3. The summed E-state index contributed by atoms with van der Waals surface area (Å²) in [5.41, 5.74) is 3.99. The first-order valence-corrected chi connectivity index (χ1v) is 10.6. The molecule has 0 saturated carbocycles. The lowest BCUT2D eigenvalue weighted by Gasteiger charge is -2.15. The highest BCUT2D eigenvalue weighted by molar-refractivity contribution is 5.94. The number of carbonyl (C=O) groups is 1. The lowest BCUT2D eigenvalue weighted by Crippen LogP contribution is -2.30. The summed E-state index contributed by atoms with van der Waals surface area (Å²) in [6.45, 7) is 2.20. The van der Waals surface area contributed by atoms with Gasteiger partial charge >= 0.3 is 0 Å². The van der Waals surface area contributed by atoms with Gasteiger partial charge in [0.15, 0.2) is 6.10 Å². The first kappa shape index (κ1) is 21.2. The summed E-state index contributed by atoms with van der Waals surface area (Å²) in [5.74, 6) is 1.11. The van der Waals surface area contributed by atoms with Crippen LogP contribution in [0.1, 0.15) is 12.5 Å². The summed E-state index contributed by atoms with van der Waals surface area (Å²) < 4.78 is 11.7. The second-order valence-electron chi connectivity index (χ2n) is 7.44. The van der Waals surface area contributed by atoms with Crippen LogP contribution in [0.5, 0.6) is 11.5 Å². The van der Waals surface area contributed by atoms with E-state index in [-0.39, 0.29) is 5.91 Å². The van der Waals surface area contributed by atoms with E-state index >= 15 is 0 Å². The lowest BCUT2D eigenvalue weighted by molar-refractivity contribution is -0.122. The molecule has 0 radical (unpaired) electrons. The van der Waals surface area contributed by atoms with Gasteiger partial charge < -0.3 is 14.8 Å². The maximum absolute atomic E-state index is 12.6. The van der Waals surface area contributed by atoms with E-state index in [1.165, 1.54) is 0 Å². The Balaban J connectivity index is 1.32. The molecule has 160 valence electrons. The van der Waals surface area contributed by atoms with Crippen LogP contribution < -0.4 is 14.8 Å². The van der Waals surface area contributed by atoms with E-state index in [1.54, 1.807) is 6.92 Å². The molecule has 0 aliphatic rings. The van der Waals surface area contributed by atoms with Gasteiger partial charge in [-0.1, -0.05) is 78.9 Å². The van der Waals surface area contributed by atoms with Crippen LogP contribution in [0, 0.1) is 0 Å². The molecule has 0 bridgehead atoms. The van der Waals surface area contributed by atoms with Gasteiger partial charge in [-0.15, -0.1) is 0 Å². The number of ether oxygens (including phenoxy) is 2. The van der Waals surface area contributed by atoms with E-state index in [9.17, 15) is 4.79 Å². The number of nitrogens with one attached hydrogen (secondary N) is 1. The molecule has 0 spiro atoms. The zero-order valence-corrected chi connectivity index (χ0v) is 17.9. The zero-order valence-electron chi connectivity index (χ0n) is 17.9. The van der Waals surface area contributed by atoms with Gasteiger partial charge in [0.2, 0.25) is 0 Å². The molecule has 0 saturated heterocycles. The fourth-order valence-electron chi connectivity index (χ4n) is 3.26. The maximum atomic E-state index is 12.6. The Kier molecular flexibility index (Phi) is 6.83. The molecule has 1 N–H and O–H groups in total. The van der Waals surface area contributed by atoms with Crippen molar-refractivity contribution in [2.75, 3.05) is 5.32 Å². The van der Waals surface area contributed by atoms with Crippen LogP contribution >= 0.6 is 0 Å². The van der Waals surface area contributed by atoms with Gasteiger partial charge in [0.1, 0.15) is 18.1 Å². The molecule has 0 aliphatic heterocycles. The van der Waals surface area contributed by atoms with E-state index in [0.29, 0.717) is 23.8 Å². The highest BCUT2D eigenvalue weighted by Gasteiger charge is 2.15. The summed E-state index contributed by atoms with van der Waals surface area (Å²) in [6, 6.07) is 35.2. The molecule has 4 aromatic rings. The van der Waals surface area contributed by atoms with Gasteiger partial charge in [0.25, 0.3) is 5.91 Å². The topological polar surface area (TPSA) is 47.6 Å². The highest BCUT2D eigenvalue weighted by Crippen LogP contribution is 2.23. The number of anilines is 1. The standard InChI is InChI=1S/C28H25NO3/c1-21(32-26-17-15-24(16-18-26)23-11-6-3-7-12-23)28(30)29-25-13-8-14-27(19-25)31-20-22-9-4-2-5-10-22/h2-19,21H,20H2,1H3,(H,29,30)/t21-/m1/s1. The molecule has 4 aromatic carbocycles. The summed E-state index contributed by atoms with van der Waals surface area (Å²) in [6.07, 6.45) is -0.647. The van der Waals surface area contributed by atoms with E-state index < -0.39 is 6.10 Å². The van der Waals surface area contributed by atoms with Crippen molar-refractivity contribution < 1.29 is 14.3 Å². The molecule has 32 heavy (non-hydrogen) atoms. The van der Waals surface area contributed by atoms with Crippen molar-refractivity contribution in [3.8, 4) is 22.6 Å². The Morgan fingerprint density at radius 1 is 0.750 bits per heavy atom. The van der Waals surface area contributed by atoms with E-state index in [1.807, 2.05) is 97.1 Å². The minimum absolute atomic E-state index is 0.225. The molecular weight excluding hydrogens is 398 g/mol. The normalized spacial score (nSPS) is 11.4. The minimum Gasteiger partial charge on any atom is -0.489 e. The predicted molar refractivity (Wildman–Crippen MR) is 128 cm³/mol. The van der Waals surface area contributed by atoms with E-state index in [0.717, 1.165) is 16.7 Å². The Hall–Kier alpha value is -4.05. The molecule has 4 rings (SSSR count). The monoisotopic (exact) mass is 423 g/mol. The van der Waals surface area contributed by atoms with Crippen LogP contribution in [0.25, 0.3) is 11.1 Å². The Morgan fingerprint density at radius 2 is 1.41 bits per heavy atom. The largest absolute Gasteiger partial charge is 0.489 e. The van der Waals surface area contributed by atoms with Crippen molar-refractivity contribution in [1.29, 1.82) is 0 Å². The molecule has 0 aliphatic carbocycles. The summed E-state index contributed by atoms with van der Waals surface area (Å²) >= 11 is 0. The number of hydrogen-bond acceptors (Lipinski definition) is 3. The second-order valence-corrected chi connectivity index (χ2v) is 7.44. The number of carbonyl (C=O) groups excluding carboxylic acids is 1. The van der Waals surface area contributed by atoms with E-state index in [4.69, 9.17) is 9.47 Å². The number of amides is 1. The zero-order chi connectivity index (χ0) is 22.2. The minimum atomic E-state index is -0.647. The van der Waals surface area contributed by atoms with Crippen LogP contribution in [-0.2, 0) is 11.4 Å². The van der Waals surface area contributed by atoms with Gasteiger partial charge in [0, 0.05) is 11.8 Å². The summed E-state index contributed by atoms with van der Waals surface area (Å²) in [4.78, 5) is 12.6. The van der Waals surface area contributed by atoms with Gasteiger partial charge in [-0.2, -0.15) is 0 Å². The van der Waals surface area contributed by atoms with Gasteiger partial charge in [-0.3, -0.25) is 4.79 Å². The van der Waals surface area contributed by atoms with Crippen molar-refractivity contribution >= 4 is 11.6 Å². The van der Waals surface area contributed by atoms with Crippen LogP contribution in [-0.4, -0.2) is 12.0 Å². The summed E-state index contributed by atoms with van der Waals surface area (Å²) in [7, 11) is 0. The highest BCUT2D eigenvalue weighted by atomic mass is 16.5. The Morgan fingerprint density at radius 3 is 2.12 bits per heavy atom. The molecule has 4 heteroatoms. The van der Waals surface area contributed by atoms with Crippen LogP contribution in [0.3, 0.4) is 0 Å². The molecule has 4 nitrogen and oxygen atoms in total. The molecular formula is C28H25NO3. The first-order chi connectivity index (χ1) is 15.7. The van der Waals surface area contributed by atoms with Gasteiger partial charge in [-0.25, -0.2) is 0 Å². The maximum Gasteiger partial charge on any atom is 0.265 e. The van der Waals surface area contributed by atoms with Crippen LogP contribution in [0.4, 0.5) is 5.69 Å². The van der Waals surface area contributed by atoms with Crippen LogP contribution in [0.2, 0.25) is 0 Å². The first-order valence-electron chi connectivity index (χ1n) is 10.6. The van der Waals surface area contributed by atoms with Crippen molar-refractivity contribution in [3.05, 3.63) is 115 Å². The predicted octanol–water partition coefficient (Wildman–Crippen LogP) is 6.34. The molecule has 1 atom stereocenters.